The summed E-state index contributed by atoms with van der Waals surface area (Å²) in [7, 11) is 1.61. The van der Waals surface area contributed by atoms with Gasteiger partial charge in [0.2, 0.25) is 0 Å². The molecule has 0 heterocycles. The number of hydrogen-bond donors (Lipinski definition) is 2. The van der Waals surface area contributed by atoms with Crippen LogP contribution >= 0.6 is 0 Å². The van der Waals surface area contributed by atoms with Gasteiger partial charge in [-0.15, -0.1) is 0 Å². The van der Waals surface area contributed by atoms with E-state index in [0.717, 1.165) is 16.7 Å². The topological polar surface area (TPSA) is 84.9 Å². The lowest BCUT2D eigenvalue weighted by Crippen LogP contribution is -2.36. The van der Waals surface area contributed by atoms with Gasteiger partial charge in [0.15, 0.2) is 6.10 Å². The van der Waals surface area contributed by atoms with Crippen molar-refractivity contribution in [1.29, 1.82) is 0 Å². The zero-order valence-electron chi connectivity index (χ0n) is 16.3. The van der Waals surface area contributed by atoms with Crippen LogP contribution in [0, 0.1) is 0 Å². The van der Waals surface area contributed by atoms with Crippen molar-refractivity contribution >= 4 is 22.6 Å². The number of rotatable bonds is 7. The van der Waals surface area contributed by atoms with Gasteiger partial charge in [0.1, 0.15) is 17.1 Å². The first-order valence-corrected chi connectivity index (χ1v) is 9.32. The Balaban J connectivity index is 1.55. The van der Waals surface area contributed by atoms with Gasteiger partial charge in [-0.3, -0.25) is 4.79 Å². The van der Waals surface area contributed by atoms with E-state index in [2.05, 4.69) is 5.32 Å². The Bertz CT molecular complexity index is 1010. The predicted molar refractivity (Wildman–Crippen MR) is 110 cm³/mol. The highest BCUT2D eigenvalue weighted by Gasteiger charge is 2.21. The van der Waals surface area contributed by atoms with Crippen LogP contribution < -0.4 is 10.1 Å². The van der Waals surface area contributed by atoms with Gasteiger partial charge in [0.25, 0.3) is 5.91 Å². The molecule has 0 fully saturated rings. The fourth-order valence-electron chi connectivity index (χ4n) is 2.96. The van der Waals surface area contributed by atoms with Gasteiger partial charge in [-0.1, -0.05) is 42.5 Å². The van der Waals surface area contributed by atoms with Crippen LogP contribution in [0.4, 0.5) is 0 Å². The standard InChI is InChI=1S/C23H23NO5/c1-15(22(26)24-14-13-16-7-10-18(28-2)11-8-16)29-23(27)20-12-9-17-5-3-4-6-19(17)21(20)25/h3-12,15,25H,13-14H2,1-2H3,(H,24,26)/t15-/m0/s1. The first-order valence-electron chi connectivity index (χ1n) is 9.32. The summed E-state index contributed by atoms with van der Waals surface area (Å²) >= 11 is 0. The maximum Gasteiger partial charge on any atom is 0.342 e. The summed E-state index contributed by atoms with van der Waals surface area (Å²) < 4.78 is 10.3. The van der Waals surface area contributed by atoms with Crippen molar-refractivity contribution in [2.45, 2.75) is 19.4 Å². The Morgan fingerprint density at radius 3 is 2.48 bits per heavy atom. The molecule has 3 rings (SSSR count). The van der Waals surface area contributed by atoms with Gasteiger partial charge in [0, 0.05) is 11.9 Å². The fraction of sp³-hybridized carbons (Fsp3) is 0.217. The van der Waals surface area contributed by atoms with Crippen molar-refractivity contribution in [3.05, 3.63) is 71.8 Å². The Morgan fingerprint density at radius 1 is 1.03 bits per heavy atom. The molecule has 29 heavy (non-hydrogen) atoms. The van der Waals surface area contributed by atoms with Crippen molar-refractivity contribution in [1.82, 2.24) is 5.32 Å². The summed E-state index contributed by atoms with van der Waals surface area (Å²) in [4.78, 5) is 24.6. The highest BCUT2D eigenvalue weighted by atomic mass is 16.5. The fourth-order valence-corrected chi connectivity index (χ4v) is 2.96. The Morgan fingerprint density at radius 2 is 1.76 bits per heavy atom. The number of carbonyl (C=O) groups is 2. The molecule has 6 heteroatoms. The highest BCUT2D eigenvalue weighted by Crippen LogP contribution is 2.29. The number of hydrogen-bond acceptors (Lipinski definition) is 5. The molecule has 0 aliphatic rings. The summed E-state index contributed by atoms with van der Waals surface area (Å²) in [5.74, 6) is -0.520. The lowest BCUT2D eigenvalue weighted by molar-refractivity contribution is -0.129. The Labute approximate surface area is 169 Å². The Kier molecular flexibility index (Phi) is 6.34. The second-order valence-electron chi connectivity index (χ2n) is 6.62. The number of nitrogens with one attached hydrogen (secondary N) is 1. The normalized spacial score (nSPS) is 11.7. The van der Waals surface area contributed by atoms with Crippen molar-refractivity contribution < 1.29 is 24.2 Å². The summed E-state index contributed by atoms with van der Waals surface area (Å²) in [6, 6.07) is 18.0. The molecule has 1 amide bonds. The average molecular weight is 393 g/mol. The monoisotopic (exact) mass is 393 g/mol. The number of esters is 1. The van der Waals surface area contributed by atoms with E-state index in [1.807, 2.05) is 36.4 Å². The van der Waals surface area contributed by atoms with Crippen LogP contribution in [0.1, 0.15) is 22.8 Å². The van der Waals surface area contributed by atoms with Crippen LogP contribution in [-0.2, 0) is 16.0 Å². The molecule has 0 unspecified atom stereocenters. The zero-order chi connectivity index (χ0) is 20.8. The number of amides is 1. The number of phenolic OH excluding ortho intramolecular Hbond substituents is 1. The number of benzene rings is 3. The van der Waals surface area contributed by atoms with Crippen molar-refractivity contribution in [2.24, 2.45) is 0 Å². The quantitative estimate of drug-likeness (QED) is 0.601. The molecule has 1 atom stereocenters. The largest absolute Gasteiger partial charge is 0.506 e. The number of methoxy groups -OCH3 is 1. The molecule has 6 nitrogen and oxygen atoms in total. The molecule has 2 N–H and O–H groups in total. The van der Waals surface area contributed by atoms with Gasteiger partial charge in [0.05, 0.1) is 7.11 Å². The lowest BCUT2D eigenvalue weighted by atomic mass is 10.1. The van der Waals surface area contributed by atoms with Gasteiger partial charge >= 0.3 is 5.97 Å². The van der Waals surface area contributed by atoms with E-state index in [1.54, 1.807) is 25.3 Å². The highest BCUT2D eigenvalue weighted by molar-refractivity contribution is 6.01. The Hall–Kier alpha value is -3.54. The molecule has 0 aromatic heterocycles. The van der Waals surface area contributed by atoms with E-state index in [1.165, 1.54) is 13.0 Å². The summed E-state index contributed by atoms with van der Waals surface area (Å²) in [5, 5.41) is 14.5. The van der Waals surface area contributed by atoms with E-state index < -0.39 is 18.0 Å². The van der Waals surface area contributed by atoms with Crippen molar-refractivity contribution in [2.75, 3.05) is 13.7 Å². The van der Waals surface area contributed by atoms with Gasteiger partial charge in [-0.05, 0) is 42.5 Å². The number of phenols is 1. The van der Waals surface area contributed by atoms with E-state index in [9.17, 15) is 14.7 Å². The third-order valence-corrected chi connectivity index (χ3v) is 4.65. The second kappa shape index (κ2) is 9.10. The first kappa shape index (κ1) is 20.2. The molecule has 0 aliphatic heterocycles. The lowest BCUT2D eigenvalue weighted by Gasteiger charge is -2.14. The van der Waals surface area contributed by atoms with Crippen molar-refractivity contribution in [3.63, 3.8) is 0 Å². The molecule has 0 spiro atoms. The molecule has 150 valence electrons. The minimum Gasteiger partial charge on any atom is -0.506 e. The maximum atomic E-state index is 12.4. The molecule has 0 radical (unpaired) electrons. The first-order chi connectivity index (χ1) is 14.0. The van der Waals surface area contributed by atoms with Crippen LogP contribution in [0.2, 0.25) is 0 Å². The molecule has 3 aromatic carbocycles. The van der Waals surface area contributed by atoms with Crippen molar-refractivity contribution in [3.8, 4) is 11.5 Å². The molecule has 0 bridgehead atoms. The third-order valence-electron chi connectivity index (χ3n) is 4.65. The summed E-state index contributed by atoms with van der Waals surface area (Å²) in [6.45, 7) is 1.91. The zero-order valence-corrected chi connectivity index (χ0v) is 16.3. The van der Waals surface area contributed by atoms with E-state index >= 15 is 0 Å². The second-order valence-corrected chi connectivity index (χ2v) is 6.62. The van der Waals surface area contributed by atoms with Crippen LogP contribution in [-0.4, -0.2) is 36.7 Å². The molecule has 0 saturated carbocycles. The minimum absolute atomic E-state index is 0.0292. The van der Waals surface area contributed by atoms with Gasteiger partial charge in [-0.25, -0.2) is 4.79 Å². The van der Waals surface area contributed by atoms with E-state index in [4.69, 9.17) is 9.47 Å². The maximum absolute atomic E-state index is 12.4. The summed E-state index contributed by atoms with van der Waals surface area (Å²) in [5.41, 5.74) is 1.08. The number of fused-ring (bicyclic) bond motifs is 1. The molecular formula is C23H23NO5. The van der Waals surface area contributed by atoms with Crippen LogP contribution in [0.5, 0.6) is 11.5 Å². The number of ether oxygens (including phenoxy) is 2. The van der Waals surface area contributed by atoms with E-state index in [-0.39, 0.29) is 11.3 Å². The number of carbonyl (C=O) groups excluding carboxylic acids is 2. The minimum atomic E-state index is -0.982. The van der Waals surface area contributed by atoms with Gasteiger partial charge in [-0.2, -0.15) is 0 Å². The molecule has 3 aromatic rings. The van der Waals surface area contributed by atoms with Crippen LogP contribution in [0.3, 0.4) is 0 Å². The molecular weight excluding hydrogens is 370 g/mol. The molecule has 0 aliphatic carbocycles. The van der Waals surface area contributed by atoms with Gasteiger partial charge < -0.3 is 19.9 Å². The summed E-state index contributed by atoms with van der Waals surface area (Å²) in [6.07, 6.45) is -0.341. The van der Waals surface area contributed by atoms with Crippen LogP contribution in [0.15, 0.2) is 60.7 Å². The average Bonchev–Trinajstić information content (AvgIpc) is 2.74. The molecule has 0 saturated heterocycles. The number of aromatic hydroxyl groups is 1. The SMILES string of the molecule is COc1ccc(CCNC(=O)[C@H](C)OC(=O)c2ccc3ccccc3c2O)cc1. The van der Waals surface area contributed by atoms with Crippen LogP contribution in [0.25, 0.3) is 10.8 Å². The van der Waals surface area contributed by atoms with E-state index in [0.29, 0.717) is 18.4 Å². The third kappa shape index (κ3) is 4.85. The predicted octanol–water partition coefficient (Wildman–Crippen LogP) is 3.46. The smallest absolute Gasteiger partial charge is 0.342 e.